The van der Waals surface area contributed by atoms with E-state index in [1.807, 2.05) is 18.2 Å². The Bertz CT molecular complexity index is 1420. The van der Waals surface area contributed by atoms with E-state index in [9.17, 15) is 4.79 Å². The minimum atomic E-state index is -1.24. The number of halogens is 1. The fourth-order valence-corrected chi connectivity index (χ4v) is 5.41. The van der Waals surface area contributed by atoms with Gasteiger partial charge in [0.25, 0.3) is 0 Å². The van der Waals surface area contributed by atoms with Crippen molar-refractivity contribution in [2.24, 2.45) is 0 Å². The molecule has 194 valence electrons. The third-order valence-corrected chi connectivity index (χ3v) is 9.59. The predicted octanol–water partition coefficient (Wildman–Crippen LogP) is 5.21. The van der Waals surface area contributed by atoms with Crippen molar-refractivity contribution in [2.45, 2.75) is 64.8 Å². The van der Waals surface area contributed by atoms with E-state index >= 15 is 0 Å². The molecule has 3 aromatic heterocycles. The van der Waals surface area contributed by atoms with Crippen molar-refractivity contribution in [2.75, 3.05) is 13.2 Å². The SMILES string of the molecule is C[Si](C)(C)CCOCn1c(=O)n(COCC[Si](C)(C)C)c2cc(-n3nnc4cnc(Cl)cc43)ccc21. The second kappa shape index (κ2) is 10.6. The molecule has 0 spiro atoms. The third-order valence-electron chi connectivity index (χ3n) is 5.98. The second-order valence-electron chi connectivity index (χ2n) is 11.5. The van der Waals surface area contributed by atoms with Gasteiger partial charge in [-0.2, -0.15) is 0 Å². The molecule has 4 aromatic rings. The van der Waals surface area contributed by atoms with Gasteiger partial charge in [0.05, 0.1) is 28.4 Å². The standard InChI is InChI=1S/C24H35ClN6O3Si2/c1-35(2,3)11-9-33-16-29-20-8-7-18(31-21-14-23(25)26-15-19(21)27-28-31)13-22(20)30(24(29)32)17-34-10-12-36(4,5)6/h7-8,13-15H,9-12,16-17H2,1-6H3. The monoisotopic (exact) mass is 546 g/mol. The van der Waals surface area contributed by atoms with Crippen LogP contribution in [-0.4, -0.2) is 58.5 Å². The Morgan fingerprint density at radius 1 is 0.861 bits per heavy atom. The number of benzene rings is 1. The van der Waals surface area contributed by atoms with E-state index in [0.29, 0.717) is 23.9 Å². The van der Waals surface area contributed by atoms with Crippen LogP contribution in [0.1, 0.15) is 0 Å². The summed E-state index contributed by atoms with van der Waals surface area (Å²) >= 11 is 6.12. The van der Waals surface area contributed by atoms with Crippen LogP contribution in [0.2, 0.25) is 56.5 Å². The maximum Gasteiger partial charge on any atom is 0.332 e. The van der Waals surface area contributed by atoms with Gasteiger partial charge in [-0.1, -0.05) is 56.1 Å². The zero-order chi connectivity index (χ0) is 26.1. The molecule has 0 amide bonds. The second-order valence-corrected chi connectivity index (χ2v) is 23.1. The van der Waals surface area contributed by atoms with Crippen molar-refractivity contribution in [1.29, 1.82) is 0 Å². The number of imidazole rings is 1. The quantitative estimate of drug-likeness (QED) is 0.146. The summed E-state index contributed by atoms with van der Waals surface area (Å²) in [4.78, 5) is 17.5. The Hall–Kier alpha value is -2.32. The van der Waals surface area contributed by atoms with Gasteiger partial charge in [-0.15, -0.1) is 5.10 Å². The number of hydrogen-bond acceptors (Lipinski definition) is 6. The molecule has 3 heterocycles. The summed E-state index contributed by atoms with van der Waals surface area (Å²) in [5.74, 6) is 0. The first-order valence-electron chi connectivity index (χ1n) is 12.2. The molecule has 0 saturated heterocycles. The highest BCUT2D eigenvalue weighted by Crippen LogP contribution is 2.23. The lowest BCUT2D eigenvalue weighted by Gasteiger charge is -2.15. The van der Waals surface area contributed by atoms with E-state index in [4.69, 9.17) is 21.1 Å². The smallest absolute Gasteiger partial charge is 0.332 e. The van der Waals surface area contributed by atoms with Gasteiger partial charge >= 0.3 is 5.69 Å². The Balaban J connectivity index is 1.69. The predicted molar refractivity (Wildman–Crippen MR) is 150 cm³/mol. The summed E-state index contributed by atoms with van der Waals surface area (Å²) < 4.78 is 17.0. The summed E-state index contributed by atoms with van der Waals surface area (Å²) in [6, 6.07) is 9.57. The number of rotatable bonds is 11. The minimum Gasteiger partial charge on any atom is -0.361 e. The van der Waals surface area contributed by atoms with Crippen molar-refractivity contribution in [3.8, 4) is 5.69 Å². The van der Waals surface area contributed by atoms with Crippen molar-refractivity contribution < 1.29 is 9.47 Å². The van der Waals surface area contributed by atoms with E-state index in [2.05, 4.69) is 54.6 Å². The highest BCUT2D eigenvalue weighted by Gasteiger charge is 2.18. The maximum absolute atomic E-state index is 13.4. The number of aromatic nitrogens is 6. The Kier molecular flexibility index (Phi) is 7.86. The average molecular weight is 547 g/mol. The van der Waals surface area contributed by atoms with E-state index in [-0.39, 0.29) is 19.2 Å². The van der Waals surface area contributed by atoms with E-state index < -0.39 is 16.1 Å². The van der Waals surface area contributed by atoms with Crippen LogP contribution in [0.3, 0.4) is 0 Å². The molecule has 36 heavy (non-hydrogen) atoms. The molecule has 0 N–H and O–H groups in total. The topological polar surface area (TPSA) is 89.0 Å². The molecule has 0 atom stereocenters. The number of pyridine rings is 1. The fraction of sp³-hybridized carbons (Fsp3) is 0.500. The van der Waals surface area contributed by atoms with E-state index in [1.54, 1.807) is 26.1 Å². The molecule has 0 aliphatic carbocycles. The molecule has 0 radical (unpaired) electrons. The van der Waals surface area contributed by atoms with Crippen LogP contribution in [-0.2, 0) is 22.9 Å². The Labute approximate surface area is 218 Å². The normalized spacial score (nSPS) is 12.8. The van der Waals surface area contributed by atoms with Gasteiger partial charge in [-0.3, -0.25) is 9.13 Å². The average Bonchev–Trinajstić information content (AvgIpc) is 3.31. The first-order chi connectivity index (χ1) is 16.9. The van der Waals surface area contributed by atoms with Gasteiger partial charge in [-0.05, 0) is 30.3 Å². The minimum absolute atomic E-state index is 0.154. The summed E-state index contributed by atoms with van der Waals surface area (Å²) in [6.45, 7) is 15.5. The summed E-state index contributed by atoms with van der Waals surface area (Å²) in [6.07, 6.45) is 1.59. The number of hydrogen-bond donors (Lipinski definition) is 0. The molecule has 1 aromatic carbocycles. The largest absolute Gasteiger partial charge is 0.361 e. The van der Waals surface area contributed by atoms with Crippen molar-refractivity contribution in [1.82, 2.24) is 29.1 Å². The molecule has 9 nitrogen and oxygen atoms in total. The van der Waals surface area contributed by atoms with E-state index in [1.165, 1.54) is 0 Å². The molecule has 0 fully saturated rings. The number of nitrogens with zero attached hydrogens (tertiary/aromatic N) is 6. The van der Waals surface area contributed by atoms with Gasteiger partial charge in [-0.25, -0.2) is 14.5 Å². The molecular weight excluding hydrogens is 512 g/mol. The molecular formula is C24H35ClN6O3Si2. The van der Waals surface area contributed by atoms with Crippen molar-refractivity contribution in [3.05, 3.63) is 46.1 Å². The van der Waals surface area contributed by atoms with Crippen LogP contribution < -0.4 is 5.69 Å². The van der Waals surface area contributed by atoms with Crippen LogP contribution >= 0.6 is 11.6 Å². The van der Waals surface area contributed by atoms with Crippen molar-refractivity contribution in [3.63, 3.8) is 0 Å². The third kappa shape index (κ3) is 6.32. The number of ether oxygens (including phenoxy) is 2. The first kappa shape index (κ1) is 26.7. The molecule has 0 saturated carbocycles. The summed E-state index contributed by atoms with van der Waals surface area (Å²) in [5, 5.41) is 8.84. The van der Waals surface area contributed by atoms with Crippen molar-refractivity contribution >= 4 is 49.8 Å². The molecule has 0 bridgehead atoms. The highest BCUT2D eigenvalue weighted by molar-refractivity contribution is 6.76. The molecule has 0 aliphatic rings. The highest BCUT2D eigenvalue weighted by atomic mass is 35.5. The van der Waals surface area contributed by atoms with Crippen LogP contribution in [0, 0.1) is 0 Å². The molecule has 0 unspecified atom stereocenters. The van der Waals surface area contributed by atoms with Gasteiger partial charge in [0, 0.05) is 35.4 Å². The van der Waals surface area contributed by atoms with E-state index in [0.717, 1.165) is 34.3 Å². The van der Waals surface area contributed by atoms with Crippen LogP contribution in [0.25, 0.3) is 27.8 Å². The molecule has 4 rings (SSSR count). The van der Waals surface area contributed by atoms with Gasteiger partial charge < -0.3 is 9.47 Å². The van der Waals surface area contributed by atoms with Gasteiger partial charge in [0.2, 0.25) is 0 Å². The lowest BCUT2D eigenvalue weighted by molar-refractivity contribution is 0.0754. The van der Waals surface area contributed by atoms with Crippen LogP contribution in [0.4, 0.5) is 0 Å². The zero-order valence-electron chi connectivity index (χ0n) is 21.9. The fourth-order valence-electron chi connectivity index (χ4n) is 3.75. The number of fused-ring (bicyclic) bond motifs is 2. The maximum atomic E-state index is 13.4. The lowest BCUT2D eigenvalue weighted by Crippen LogP contribution is -2.28. The summed E-state index contributed by atoms with van der Waals surface area (Å²) in [5.41, 5.74) is 3.53. The summed E-state index contributed by atoms with van der Waals surface area (Å²) in [7, 11) is -2.46. The van der Waals surface area contributed by atoms with Gasteiger partial charge in [0.15, 0.2) is 0 Å². The lowest BCUT2D eigenvalue weighted by atomic mass is 10.2. The Morgan fingerprint density at radius 2 is 1.47 bits per heavy atom. The van der Waals surface area contributed by atoms with Crippen LogP contribution in [0.15, 0.2) is 35.3 Å². The van der Waals surface area contributed by atoms with Crippen LogP contribution in [0.5, 0.6) is 0 Å². The molecule has 0 aliphatic heterocycles. The molecule has 12 heteroatoms. The Morgan fingerprint density at radius 3 is 2.08 bits per heavy atom. The zero-order valence-corrected chi connectivity index (χ0v) is 24.7. The van der Waals surface area contributed by atoms with Gasteiger partial charge in [0.1, 0.15) is 24.1 Å². The first-order valence-corrected chi connectivity index (χ1v) is 20.0.